The average molecular weight is 249 g/mol. The molecule has 2 atom stereocenters. The van der Waals surface area contributed by atoms with Gasteiger partial charge in [-0.3, -0.25) is 0 Å². The lowest BCUT2D eigenvalue weighted by Gasteiger charge is -2.33. The Hall–Kier alpha value is -0.930. The van der Waals surface area contributed by atoms with Crippen molar-refractivity contribution >= 4 is 0 Å². The van der Waals surface area contributed by atoms with Crippen molar-refractivity contribution in [1.29, 1.82) is 0 Å². The number of nitrogens with two attached hydrogens (primary N) is 1. The van der Waals surface area contributed by atoms with Crippen LogP contribution in [0.1, 0.15) is 24.8 Å². The van der Waals surface area contributed by atoms with E-state index in [4.69, 9.17) is 10.5 Å². The first-order valence-electron chi connectivity index (χ1n) is 6.80. The molecule has 0 bridgehead atoms. The van der Waals surface area contributed by atoms with Crippen LogP contribution in [0.4, 0.5) is 4.39 Å². The van der Waals surface area contributed by atoms with Gasteiger partial charge in [0.1, 0.15) is 5.82 Å². The zero-order valence-corrected chi connectivity index (χ0v) is 10.6. The molecule has 2 N–H and O–H groups in total. The van der Waals surface area contributed by atoms with Crippen molar-refractivity contribution in [1.82, 2.24) is 0 Å². The monoisotopic (exact) mass is 249 g/mol. The Morgan fingerprint density at radius 2 is 2.22 bits per heavy atom. The number of hydrogen-bond acceptors (Lipinski definition) is 2. The molecule has 1 saturated heterocycles. The van der Waals surface area contributed by atoms with Gasteiger partial charge in [0.15, 0.2) is 0 Å². The molecule has 0 aromatic heterocycles. The molecule has 2 fully saturated rings. The smallest absolute Gasteiger partial charge is 0.123 e. The fourth-order valence-corrected chi connectivity index (χ4v) is 3.28. The molecule has 1 heterocycles. The van der Waals surface area contributed by atoms with E-state index < -0.39 is 0 Å². The van der Waals surface area contributed by atoms with Crippen LogP contribution in [0.15, 0.2) is 24.3 Å². The summed E-state index contributed by atoms with van der Waals surface area (Å²) < 4.78 is 19.2. The van der Waals surface area contributed by atoms with Crippen molar-refractivity contribution in [3.05, 3.63) is 35.6 Å². The van der Waals surface area contributed by atoms with Crippen LogP contribution >= 0.6 is 0 Å². The van der Waals surface area contributed by atoms with Gasteiger partial charge in [-0.25, -0.2) is 4.39 Å². The van der Waals surface area contributed by atoms with Gasteiger partial charge in [0.05, 0.1) is 6.10 Å². The summed E-state index contributed by atoms with van der Waals surface area (Å²) in [6.45, 7) is 1.43. The third kappa shape index (κ3) is 2.17. The highest BCUT2D eigenvalue weighted by molar-refractivity contribution is 5.20. The van der Waals surface area contributed by atoms with Crippen LogP contribution in [-0.4, -0.2) is 19.3 Å². The van der Waals surface area contributed by atoms with Crippen LogP contribution in [0, 0.1) is 17.2 Å². The zero-order chi connectivity index (χ0) is 12.6. The summed E-state index contributed by atoms with van der Waals surface area (Å²) in [5, 5.41) is 0. The molecule has 2 aliphatic rings. The van der Waals surface area contributed by atoms with Crippen LogP contribution in [0.25, 0.3) is 0 Å². The van der Waals surface area contributed by atoms with Gasteiger partial charge in [0, 0.05) is 18.6 Å². The average Bonchev–Trinajstić information content (AvgIpc) is 3.12. The summed E-state index contributed by atoms with van der Waals surface area (Å²) >= 11 is 0. The second-order valence-corrected chi connectivity index (χ2v) is 5.75. The fourth-order valence-electron chi connectivity index (χ4n) is 3.28. The second-order valence-electron chi connectivity index (χ2n) is 5.75. The summed E-state index contributed by atoms with van der Waals surface area (Å²) in [7, 11) is 0. The molecule has 0 amide bonds. The maximum atomic E-state index is 13.3. The Morgan fingerprint density at radius 3 is 2.89 bits per heavy atom. The Morgan fingerprint density at radius 1 is 1.39 bits per heavy atom. The summed E-state index contributed by atoms with van der Waals surface area (Å²) in [6.07, 6.45) is 4.64. The van der Waals surface area contributed by atoms with E-state index in [-0.39, 0.29) is 17.3 Å². The molecule has 0 spiro atoms. The number of halogens is 1. The molecule has 1 aromatic rings. The van der Waals surface area contributed by atoms with E-state index in [1.807, 2.05) is 6.07 Å². The minimum absolute atomic E-state index is 0.0228. The normalized spacial score (nSPS) is 31.8. The molecule has 1 saturated carbocycles. The zero-order valence-electron chi connectivity index (χ0n) is 10.6. The molecule has 2 nitrogen and oxygen atoms in total. The van der Waals surface area contributed by atoms with E-state index in [0.717, 1.165) is 25.0 Å². The van der Waals surface area contributed by atoms with Crippen LogP contribution in [0.5, 0.6) is 0 Å². The molecule has 1 aliphatic heterocycles. The predicted octanol–water partition coefficient (Wildman–Crippen LogP) is 2.51. The predicted molar refractivity (Wildman–Crippen MR) is 68.7 cm³/mol. The fraction of sp³-hybridized carbons (Fsp3) is 0.600. The molecule has 98 valence electrons. The Kier molecular flexibility index (Phi) is 3.12. The van der Waals surface area contributed by atoms with Gasteiger partial charge in [-0.05, 0) is 49.3 Å². The molecular formula is C15H20FNO. The Bertz CT molecular complexity index is 432. The van der Waals surface area contributed by atoms with E-state index in [2.05, 4.69) is 0 Å². The molecule has 1 aliphatic carbocycles. The topological polar surface area (TPSA) is 35.2 Å². The van der Waals surface area contributed by atoms with Crippen molar-refractivity contribution in [3.63, 3.8) is 0 Å². The highest BCUT2D eigenvalue weighted by Crippen LogP contribution is 2.48. The van der Waals surface area contributed by atoms with Gasteiger partial charge in [-0.2, -0.15) is 0 Å². The lowest BCUT2D eigenvalue weighted by Crippen LogP contribution is -2.41. The third-order valence-electron chi connectivity index (χ3n) is 4.40. The standard InChI is InChI=1S/C15H20FNO/c16-13-3-1-2-11(8-13)9-15(10-17)6-7-18-14(15)12-4-5-12/h1-3,8,12,14H,4-7,9-10,17H2. The number of rotatable bonds is 4. The van der Waals surface area contributed by atoms with E-state index in [1.54, 1.807) is 12.1 Å². The van der Waals surface area contributed by atoms with Crippen LogP contribution in [0.3, 0.4) is 0 Å². The van der Waals surface area contributed by atoms with E-state index >= 15 is 0 Å². The van der Waals surface area contributed by atoms with Gasteiger partial charge in [-0.1, -0.05) is 12.1 Å². The summed E-state index contributed by atoms with van der Waals surface area (Å²) in [4.78, 5) is 0. The lowest BCUT2D eigenvalue weighted by atomic mass is 9.74. The Labute approximate surface area is 107 Å². The maximum absolute atomic E-state index is 13.3. The largest absolute Gasteiger partial charge is 0.377 e. The number of benzene rings is 1. The summed E-state index contributed by atoms with van der Waals surface area (Å²) in [6, 6.07) is 6.88. The molecule has 0 radical (unpaired) electrons. The van der Waals surface area contributed by atoms with Gasteiger partial charge in [-0.15, -0.1) is 0 Å². The molecule has 3 heteroatoms. The molecule has 3 rings (SSSR count). The minimum atomic E-state index is -0.165. The first-order valence-corrected chi connectivity index (χ1v) is 6.80. The van der Waals surface area contributed by atoms with Crippen LogP contribution < -0.4 is 5.73 Å². The SMILES string of the molecule is NCC1(Cc2cccc(F)c2)CCOC1C1CC1. The highest BCUT2D eigenvalue weighted by Gasteiger charge is 2.50. The quantitative estimate of drug-likeness (QED) is 0.890. The lowest BCUT2D eigenvalue weighted by molar-refractivity contribution is 0.0344. The second kappa shape index (κ2) is 4.63. The maximum Gasteiger partial charge on any atom is 0.123 e. The van der Waals surface area contributed by atoms with Gasteiger partial charge >= 0.3 is 0 Å². The third-order valence-corrected chi connectivity index (χ3v) is 4.40. The van der Waals surface area contributed by atoms with Crippen molar-refractivity contribution < 1.29 is 9.13 Å². The van der Waals surface area contributed by atoms with E-state index in [9.17, 15) is 4.39 Å². The van der Waals surface area contributed by atoms with Crippen molar-refractivity contribution in [3.8, 4) is 0 Å². The van der Waals surface area contributed by atoms with Crippen molar-refractivity contribution in [2.75, 3.05) is 13.2 Å². The van der Waals surface area contributed by atoms with Crippen LogP contribution in [-0.2, 0) is 11.2 Å². The van der Waals surface area contributed by atoms with Crippen molar-refractivity contribution in [2.45, 2.75) is 31.8 Å². The van der Waals surface area contributed by atoms with Crippen molar-refractivity contribution in [2.24, 2.45) is 17.1 Å². The summed E-state index contributed by atoms with van der Waals surface area (Å²) in [5.74, 6) is 0.520. The van der Waals surface area contributed by atoms with Crippen LogP contribution in [0.2, 0.25) is 0 Å². The number of ether oxygens (including phenoxy) is 1. The van der Waals surface area contributed by atoms with E-state index in [1.165, 1.54) is 18.9 Å². The van der Waals surface area contributed by atoms with Gasteiger partial charge < -0.3 is 10.5 Å². The summed E-state index contributed by atoms with van der Waals surface area (Å²) in [5.41, 5.74) is 7.10. The Balaban J connectivity index is 1.82. The molecule has 18 heavy (non-hydrogen) atoms. The van der Waals surface area contributed by atoms with E-state index in [0.29, 0.717) is 12.5 Å². The highest BCUT2D eigenvalue weighted by atomic mass is 19.1. The minimum Gasteiger partial charge on any atom is -0.377 e. The number of hydrogen-bond donors (Lipinski definition) is 1. The molecule has 1 aromatic carbocycles. The van der Waals surface area contributed by atoms with Gasteiger partial charge in [0.2, 0.25) is 0 Å². The first kappa shape index (κ1) is 12.1. The molecular weight excluding hydrogens is 229 g/mol. The van der Waals surface area contributed by atoms with Gasteiger partial charge in [0.25, 0.3) is 0 Å². The first-order chi connectivity index (χ1) is 8.73. The molecule has 2 unspecified atom stereocenters.